The van der Waals surface area contributed by atoms with Gasteiger partial charge in [-0.15, -0.1) is 0 Å². The predicted octanol–water partition coefficient (Wildman–Crippen LogP) is 3.57. The van der Waals surface area contributed by atoms with Crippen LogP contribution in [-0.2, 0) is 16.8 Å². The normalized spacial score (nSPS) is 23.1. The van der Waals surface area contributed by atoms with Crippen LogP contribution >= 0.6 is 0 Å². The topological polar surface area (TPSA) is 82.5 Å². The zero-order valence-corrected chi connectivity index (χ0v) is 16.5. The highest BCUT2D eigenvalue weighted by molar-refractivity contribution is 5.99. The molecule has 1 aliphatic carbocycles. The van der Waals surface area contributed by atoms with Crippen molar-refractivity contribution in [1.82, 2.24) is 4.90 Å². The van der Waals surface area contributed by atoms with Crippen molar-refractivity contribution in [2.24, 2.45) is 16.1 Å². The number of benzene rings is 2. The van der Waals surface area contributed by atoms with E-state index in [4.69, 9.17) is 10.7 Å². The summed E-state index contributed by atoms with van der Waals surface area (Å²) < 4.78 is 0. The van der Waals surface area contributed by atoms with Crippen LogP contribution in [0, 0.1) is 16.7 Å². The second kappa shape index (κ2) is 6.20. The van der Waals surface area contributed by atoms with Gasteiger partial charge in [0.15, 0.2) is 5.96 Å². The molecule has 2 aromatic rings. The van der Waals surface area contributed by atoms with Crippen LogP contribution in [-0.4, -0.2) is 23.8 Å². The Hall–Kier alpha value is -3.13. The Morgan fingerprint density at radius 3 is 2.61 bits per heavy atom. The lowest BCUT2D eigenvalue weighted by molar-refractivity contribution is -0.129. The number of hydrogen-bond donors (Lipinski definition) is 1. The molecule has 4 rings (SSSR count). The van der Waals surface area contributed by atoms with Gasteiger partial charge in [0.25, 0.3) is 0 Å². The molecule has 0 radical (unpaired) electrons. The molecular weight excluding hydrogens is 348 g/mol. The molecule has 1 heterocycles. The van der Waals surface area contributed by atoms with E-state index in [0.717, 1.165) is 29.5 Å². The summed E-state index contributed by atoms with van der Waals surface area (Å²) in [6.45, 7) is 4.44. The molecule has 2 aliphatic rings. The third-order valence-corrected chi connectivity index (χ3v) is 5.87. The molecule has 0 saturated heterocycles. The maximum absolute atomic E-state index is 12.7. The number of amides is 1. The summed E-state index contributed by atoms with van der Waals surface area (Å²) in [7, 11) is 1.67. The van der Waals surface area contributed by atoms with Gasteiger partial charge in [-0.1, -0.05) is 38.1 Å². The van der Waals surface area contributed by atoms with Crippen molar-refractivity contribution in [2.45, 2.75) is 38.6 Å². The van der Waals surface area contributed by atoms with Gasteiger partial charge in [-0.05, 0) is 58.7 Å². The number of rotatable bonds is 1. The molecular formula is C23H24N4O. The maximum Gasteiger partial charge on any atom is 0.231 e. The molecule has 5 nitrogen and oxygen atoms in total. The smallest absolute Gasteiger partial charge is 0.231 e. The number of guanidine groups is 1. The number of hydrogen-bond acceptors (Lipinski definition) is 4. The quantitative estimate of drug-likeness (QED) is 0.831. The van der Waals surface area contributed by atoms with Crippen LogP contribution in [0.2, 0.25) is 0 Å². The number of carbonyl (C=O) groups excluding carboxylic acids is 1. The molecule has 2 aromatic carbocycles. The van der Waals surface area contributed by atoms with E-state index < -0.39 is 5.54 Å². The molecule has 1 spiro atoms. The first-order chi connectivity index (χ1) is 13.2. The molecule has 28 heavy (non-hydrogen) atoms. The van der Waals surface area contributed by atoms with Crippen LogP contribution in [0.15, 0.2) is 47.5 Å². The minimum absolute atomic E-state index is 0.00645. The predicted molar refractivity (Wildman–Crippen MR) is 109 cm³/mol. The van der Waals surface area contributed by atoms with Crippen molar-refractivity contribution in [3.05, 3.63) is 59.2 Å². The van der Waals surface area contributed by atoms with Gasteiger partial charge in [0.05, 0.1) is 23.6 Å². The van der Waals surface area contributed by atoms with Crippen molar-refractivity contribution in [3.63, 3.8) is 0 Å². The highest BCUT2D eigenvalue weighted by atomic mass is 16.2. The number of nitrogens with two attached hydrogens (primary N) is 1. The monoisotopic (exact) mass is 372 g/mol. The molecule has 142 valence electrons. The van der Waals surface area contributed by atoms with E-state index in [9.17, 15) is 10.1 Å². The van der Waals surface area contributed by atoms with Crippen LogP contribution in [0.1, 0.15) is 43.4 Å². The molecule has 0 saturated carbocycles. The van der Waals surface area contributed by atoms with Crippen molar-refractivity contribution >= 4 is 11.9 Å². The van der Waals surface area contributed by atoms with Crippen LogP contribution in [0.3, 0.4) is 0 Å². The number of fused-ring (bicyclic) bond motifs is 2. The van der Waals surface area contributed by atoms with E-state index in [1.165, 1.54) is 10.5 Å². The van der Waals surface area contributed by atoms with Gasteiger partial charge < -0.3 is 5.73 Å². The summed E-state index contributed by atoms with van der Waals surface area (Å²) in [6.07, 6.45) is 2.03. The molecule has 0 fully saturated rings. The fourth-order valence-electron chi connectivity index (χ4n) is 4.66. The Bertz CT molecular complexity index is 1050. The minimum atomic E-state index is -0.631. The average Bonchev–Trinajstić information content (AvgIpc) is 2.65. The Morgan fingerprint density at radius 2 is 1.89 bits per heavy atom. The maximum atomic E-state index is 12.7. The van der Waals surface area contributed by atoms with Gasteiger partial charge in [-0.3, -0.25) is 9.69 Å². The van der Waals surface area contributed by atoms with Gasteiger partial charge in [0.1, 0.15) is 0 Å². The van der Waals surface area contributed by atoms with Crippen LogP contribution in [0.25, 0.3) is 11.1 Å². The Labute approximate surface area is 165 Å². The van der Waals surface area contributed by atoms with Crippen molar-refractivity contribution < 1.29 is 4.79 Å². The van der Waals surface area contributed by atoms with Crippen LogP contribution in [0.5, 0.6) is 0 Å². The van der Waals surface area contributed by atoms with E-state index in [1.54, 1.807) is 13.1 Å². The summed E-state index contributed by atoms with van der Waals surface area (Å²) >= 11 is 0. The lowest BCUT2D eigenvalue weighted by Gasteiger charge is -2.46. The third kappa shape index (κ3) is 2.95. The average molecular weight is 372 g/mol. The van der Waals surface area contributed by atoms with E-state index in [1.807, 2.05) is 18.2 Å². The zero-order chi connectivity index (χ0) is 20.1. The van der Waals surface area contributed by atoms with Gasteiger partial charge in [-0.2, -0.15) is 5.26 Å². The van der Waals surface area contributed by atoms with Crippen LogP contribution in [0.4, 0.5) is 0 Å². The fraction of sp³-hybridized carbons (Fsp3) is 0.348. The van der Waals surface area contributed by atoms with Gasteiger partial charge in [0.2, 0.25) is 5.91 Å². The van der Waals surface area contributed by atoms with E-state index >= 15 is 0 Å². The van der Waals surface area contributed by atoms with Crippen molar-refractivity contribution in [1.29, 1.82) is 5.26 Å². The first-order valence-corrected chi connectivity index (χ1v) is 9.49. The molecule has 2 N–H and O–H groups in total. The molecule has 5 heteroatoms. The lowest BCUT2D eigenvalue weighted by Crippen LogP contribution is -2.51. The Kier molecular flexibility index (Phi) is 4.04. The molecule has 0 bridgehead atoms. The van der Waals surface area contributed by atoms with Gasteiger partial charge in [-0.25, -0.2) is 4.99 Å². The number of carbonyl (C=O) groups is 1. The van der Waals surface area contributed by atoms with E-state index in [-0.39, 0.29) is 17.3 Å². The molecule has 0 aromatic heterocycles. The second-order valence-corrected chi connectivity index (χ2v) is 8.71. The number of nitriles is 1. The highest BCUT2D eigenvalue weighted by Crippen LogP contribution is 2.50. The number of aliphatic imine (C=N–C) groups is 1. The highest BCUT2D eigenvalue weighted by Gasteiger charge is 2.48. The molecule has 1 atom stereocenters. The Balaban J connectivity index is 1.91. The summed E-state index contributed by atoms with van der Waals surface area (Å²) in [5.74, 6) is 0.268. The minimum Gasteiger partial charge on any atom is -0.369 e. The SMILES string of the molecule is CN1C(=O)CC2(CC(C)(C)Cc3ccc(-c4cccc(C#N)c4)cc32)N=C1N. The fourth-order valence-corrected chi connectivity index (χ4v) is 4.66. The molecule has 1 amide bonds. The summed E-state index contributed by atoms with van der Waals surface area (Å²) in [5.41, 5.74) is 10.4. The molecule has 1 unspecified atom stereocenters. The largest absolute Gasteiger partial charge is 0.369 e. The van der Waals surface area contributed by atoms with Gasteiger partial charge in [0, 0.05) is 7.05 Å². The first kappa shape index (κ1) is 18.2. The van der Waals surface area contributed by atoms with E-state index in [2.05, 4.69) is 38.1 Å². The van der Waals surface area contributed by atoms with E-state index in [0.29, 0.717) is 12.0 Å². The van der Waals surface area contributed by atoms with Crippen molar-refractivity contribution in [2.75, 3.05) is 7.05 Å². The van der Waals surface area contributed by atoms with Crippen LogP contribution < -0.4 is 5.73 Å². The molecule has 1 aliphatic heterocycles. The number of nitrogens with zero attached hydrogens (tertiary/aromatic N) is 3. The lowest BCUT2D eigenvalue weighted by atomic mass is 9.63. The summed E-state index contributed by atoms with van der Waals surface area (Å²) in [4.78, 5) is 19.0. The summed E-state index contributed by atoms with van der Waals surface area (Å²) in [6, 6.07) is 16.1. The van der Waals surface area contributed by atoms with Crippen molar-refractivity contribution in [3.8, 4) is 17.2 Å². The Morgan fingerprint density at radius 1 is 1.14 bits per heavy atom. The zero-order valence-electron chi connectivity index (χ0n) is 16.5. The van der Waals surface area contributed by atoms with Gasteiger partial charge >= 0.3 is 0 Å². The first-order valence-electron chi connectivity index (χ1n) is 9.49. The summed E-state index contributed by atoms with van der Waals surface area (Å²) in [5, 5.41) is 9.22. The second-order valence-electron chi connectivity index (χ2n) is 8.71. The third-order valence-electron chi connectivity index (χ3n) is 5.87. The standard InChI is InChI=1S/C23H24N4O/c1-22(2)11-18-8-7-17(16-6-4-5-15(9-16)13-24)10-19(18)23(14-22)12-20(28)27(3)21(25)26-23/h4-10H,11-12,14H2,1-3H3,(H2,25,26).